The summed E-state index contributed by atoms with van der Waals surface area (Å²) in [4.78, 5) is 25.7. The van der Waals surface area contributed by atoms with Crippen LogP contribution < -0.4 is 10.6 Å². The number of rotatable bonds is 5. The van der Waals surface area contributed by atoms with E-state index < -0.39 is 40.2 Å². The largest absolute Gasteiger partial charge is 0.465 e. The number of sulfone groups is 1. The van der Waals surface area contributed by atoms with E-state index in [-0.39, 0.29) is 40.6 Å². The first-order valence-electron chi connectivity index (χ1n) is 9.54. The molecule has 1 aromatic carbocycles. The highest BCUT2D eigenvalue weighted by molar-refractivity contribution is 7.90. The van der Waals surface area contributed by atoms with Crippen LogP contribution in [0.1, 0.15) is 49.5 Å². The molecule has 1 aliphatic rings. The van der Waals surface area contributed by atoms with Crippen molar-refractivity contribution in [3.05, 3.63) is 23.3 Å². The number of hydrogen-bond acceptors (Lipinski definition) is 8. The van der Waals surface area contributed by atoms with Gasteiger partial charge in [-0.05, 0) is 45.7 Å². The SMILES string of the molecule is COC(=O)c1cc(CF)c(N2CCC(C(=O)OC(C)(C)C)CC2N)c(S(C)(=O)=O)c1. The number of benzene rings is 1. The third-order valence-corrected chi connectivity index (χ3v) is 5.90. The summed E-state index contributed by atoms with van der Waals surface area (Å²) in [6.07, 6.45) is 0.846. The summed E-state index contributed by atoms with van der Waals surface area (Å²) < 4.78 is 48.8. The zero-order valence-electron chi connectivity index (χ0n) is 17.9. The molecule has 8 nitrogen and oxygen atoms in total. The molecule has 1 aromatic rings. The fraction of sp³-hybridized carbons (Fsp3) is 0.600. The molecule has 0 bridgehead atoms. The van der Waals surface area contributed by atoms with E-state index >= 15 is 0 Å². The molecule has 2 N–H and O–H groups in total. The average Bonchev–Trinajstić information content (AvgIpc) is 2.64. The zero-order chi connectivity index (χ0) is 22.9. The van der Waals surface area contributed by atoms with Crippen LogP contribution in [0.2, 0.25) is 0 Å². The highest BCUT2D eigenvalue weighted by Gasteiger charge is 2.36. The predicted octanol–water partition coefficient (Wildman–Crippen LogP) is 2.19. The van der Waals surface area contributed by atoms with Gasteiger partial charge in [-0.2, -0.15) is 0 Å². The van der Waals surface area contributed by atoms with Crippen molar-refractivity contribution in [1.29, 1.82) is 0 Å². The number of nitrogens with zero attached hydrogens (tertiary/aromatic N) is 1. The summed E-state index contributed by atoms with van der Waals surface area (Å²) in [5.74, 6) is -1.58. The van der Waals surface area contributed by atoms with E-state index in [1.54, 1.807) is 25.7 Å². The second kappa shape index (κ2) is 8.89. The first-order valence-corrected chi connectivity index (χ1v) is 11.4. The fourth-order valence-corrected chi connectivity index (χ4v) is 4.43. The molecule has 2 atom stereocenters. The van der Waals surface area contributed by atoms with Crippen molar-refractivity contribution in [1.82, 2.24) is 0 Å². The van der Waals surface area contributed by atoms with Crippen LogP contribution in [0.3, 0.4) is 0 Å². The summed E-state index contributed by atoms with van der Waals surface area (Å²) in [7, 11) is -2.66. The van der Waals surface area contributed by atoms with Crippen LogP contribution in [-0.2, 0) is 30.8 Å². The third kappa shape index (κ3) is 5.48. The van der Waals surface area contributed by atoms with Crippen LogP contribution in [0.15, 0.2) is 17.0 Å². The van der Waals surface area contributed by atoms with Crippen molar-refractivity contribution in [3.63, 3.8) is 0 Å². The number of hydrogen-bond donors (Lipinski definition) is 1. The molecule has 0 amide bonds. The van der Waals surface area contributed by atoms with E-state index in [0.29, 0.717) is 6.42 Å². The molecule has 1 heterocycles. The molecule has 0 aromatic heterocycles. The number of nitrogens with two attached hydrogens (primary N) is 1. The Bertz CT molecular complexity index is 926. The number of methoxy groups -OCH3 is 1. The summed E-state index contributed by atoms with van der Waals surface area (Å²) in [6, 6.07) is 2.44. The molecule has 1 saturated heterocycles. The molecule has 10 heteroatoms. The average molecular weight is 445 g/mol. The molecule has 0 saturated carbocycles. The van der Waals surface area contributed by atoms with E-state index in [4.69, 9.17) is 10.5 Å². The highest BCUT2D eigenvalue weighted by Crippen LogP contribution is 2.36. The second-order valence-corrected chi connectivity index (χ2v) is 10.4. The number of carbonyl (C=O) groups is 2. The minimum atomic E-state index is -3.82. The van der Waals surface area contributed by atoms with E-state index in [9.17, 15) is 22.4 Å². The number of alkyl halides is 1. The van der Waals surface area contributed by atoms with Crippen molar-refractivity contribution in [3.8, 4) is 0 Å². The zero-order valence-corrected chi connectivity index (χ0v) is 18.7. The Morgan fingerprint density at radius 3 is 2.40 bits per heavy atom. The quantitative estimate of drug-likeness (QED) is 0.687. The van der Waals surface area contributed by atoms with E-state index in [1.807, 2.05) is 0 Å². The van der Waals surface area contributed by atoms with E-state index in [0.717, 1.165) is 13.4 Å². The van der Waals surface area contributed by atoms with Gasteiger partial charge in [-0.25, -0.2) is 17.6 Å². The first-order chi connectivity index (χ1) is 13.8. The van der Waals surface area contributed by atoms with Gasteiger partial charge < -0.3 is 20.1 Å². The molecule has 1 aliphatic heterocycles. The Hall–Kier alpha value is -2.20. The number of ether oxygens (including phenoxy) is 2. The molecular formula is C20H29FN2O6S. The van der Waals surface area contributed by atoms with Crippen LogP contribution in [0.5, 0.6) is 0 Å². The van der Waals surface area contributed by atoms with Crippen molar-refractivity contribution < 1.29 is 31.9 Å². The third-order valence-electron chi connectivity index (χ3n) is 4.79. The molecule has 2 rings (SSSR count). The minimum absolute atomic E-state index is 0.0180. The van der Waals surface area contributed by atoms with Gasteiger partial charge in [-0.3, -0.25) is 4.79 Å². The van der Waals surface area contributed by atoms with Gasteiger partial charge in [-0.1, -0.05) is 0 Å². The number of esters is 2. The Kier molecular flexibility index (Phi) is 7.13. The maximum Gasteiger partial charge on any atom is 0.337 e. The Morgan fingerprint density at radius 2 is 1.93 bits per heavy atom. The van der Waals surface area contributed by atoms with Crippen LogP contribution in [0.4, 0.5) is 10.1 Å². The topological polar surface area (TPSA) is 116 Å². The lowest BCUT2D eigenvalue weighted by Crippen LogP contribution is -2.51. The summed E-state index contributed by atoms with van der Waals surface area (Å²) >= 11 is 0. The number of piperidine rings is 1. The van der Waals surface area contributed by atoms with Crippen molar-refractivity contribution in [2.24, 2.45) is 11.7 Å². The number of carbonyl (C=O) groups excluding carboxylic acids is 2. The van der Waals surface area contributed by atoms with Gasteiger partial charge in [0.2, 0.25) is 0 Å². The van der Waals surface area contributed by atoms with Gasteiger partial charge in [0.15, 0.2) is 9.84 Å². The second-order valence-electron chi connectivity index (χ2n) is 8.40. The molecule has 168 valence electrons. The lowest BCUT2D eigenvalue weighted by molar-refractivity contribution is -0.161. The van der Waals surface area contributed by atoms with Gasteiger partial charge in [0.1, 0.15) is 12.3 Å². The van der Waals surface area contributed by atoms with Gasteiger partial charge >= 0.3 is 11.9 Å². The molecule has 1 fully saturated rings. The van der Waals surface area contributed by atoms with Gasteiger partial charge in [-0.15, -0.1) is 0 Å². The van der Waals surface area contributed by atoms with Gasteiger partial charge in [0, 0.05) is 18.4 Å². The Balaban J connectivity index is 2.44. The lowest BCUT2D eigenvalue weighted by atomic mass is 9.93. The molecular weight excluding hydrogens is 415 g/mol. The maximum absolute atomic E-state index is 13.9. The van der Waals surface area contributed by atoms with E-state index in [2.05, 4.69) is 4.74 Å². The summed E-state index contributed by atoms with van der Waals surface area (Å²) in [6.45, 7) is 4.55. The summed E-state index contributed by atoms with van der Waals surface area (Å²) in [5.41, 5.74) is 5.71. The predicted molar refractivity (Wildman–Crippen MR) is 110 cm³/mol. The van der Waals surface area contributed by atoms with Crippen molar-refractivity contribution in [2.75, 3.05) is 24.8 Å². The van der Waals surface area contributed by atoms with Gasteiger partial charge in [0.05, 0.1) is 35.3 Å². The fourth-order valence-electron chi connectivity index (χ4n) is 3.49. The Morgan fingerprint density at radius 1 is 1.30 bits per heavy atom. The molecule has 2 unspecified atom stereocenters. The number of halogens is 1. The first kappa shape index (κ1) is 24.1. The van der Waals surface area contributed by atoms with Crippen LogP contribution in [-0.4, -0.2) is 52.0 Å². The molecule has 0 radical (unpaired) electrons. The normalized spacial score (nSPS) is 20.0. The highest BCUT2D eigenvalue weighted by atomic mass is 32.2. The number of anilines is 1. The summed E-state index contributed by atoms with van der Waals surface area (Å²) in [5, 5.41) is 0. The lowest BCUT2D eigenvalue weighted by Gasteiger charge is -2.40. The van der Waals surface area contributed by atoms with Crippen LogP contribution >= 0.6 is 0 Å². The van der Waals surface area contributed by atoms with E-state index in [1.165, 1.54) is 12.1 Å². The smallest absolute Gasteiger partial charge is 0.337 e. The monoisotopic (exact) mass is 444 g/mol. The van der Waals surface area contributed by atoms with Crippen molar-refractivity contribution >= 4 is 27.5 Å². The molecule has 30 heavy (non-hydrogen) atoms. The van der Waals surface area contributed by atoms with Crippen LogP contribution in [0.25, 0.3) is 0 Å². The Labute approximate surface area is 176 Å². The minimum Gasteiger partial charge on any atom is -0.465 e. The van der Waals surface area contributed by atoms with Crippen molar-refractivity contribution in [2.45, 2.75) is 56.9 Å². The van der Waals surface area contributed by atoms with Crippen LogP contribution in [0, 0.1) is 5.92 Å². The van der Waals surface area contributed by atoms with Gasteiger partial charge in [0.25, 0.3) is 0 Å². The maximum atomic E-state index is 13.9. The molecule has 0 spiro atoms. The molecule has 0 aliphatic carbocycles. The standard InChI is InChI=1S/C20H29FN2O6S/c1-20(2,3)29-19(25)12-6-7-23(16(22)10-12)17-14(11-21)8-13(18(24)28-4)9-15(17)30(5,26)27/h8-9,12,16H,6-7,10-11,22H2,1-5H3.